The van der Waals surface area contributed by atoms with Crippen molar-refractivity contribution in [1.29, 1.82) is 0 Å². The van der Waals surface area contributed by atoms with Gasteiger partial charge in [0.25, 0.3) is 0 Å². The summed E-state index contributed by atoms with van der Waals surface area (Å²) in [6, 6.07) is 9.67. The molecule has 2 aromatic rings. The average molecular weight is 356 g/mol. The normalized spacial score (nSPS) is 20.0. The predicted molar refractivity (Wildman–Crippen MR) is 96.5 cm³/mol. The summed E-state index contributed by atoms with van der Waals surface area (Å²) in [4.78, 5) is 25.3. The van der Waals surface area contributed by atoms with Crippen molar-refractivity contribution in [2.24, 2.45) is 11.8 Å². The maximum absolute atomic E-state index is 12.4. The van der Waals surface area contributed by atoms with E-state index in [0.29, 0.717) is 26.1 Å². The predicted octanol–water partition coefficient (Wildman–Crippen LogP) is 2.18. The van der Waals surface area contributed by atoms with Gasteiger partial charge in [0.15, 0.2) is 0 Å². The molecule has 0 bridgehead atoms. The Morgan fingerprint density at radius 3 is 2.81 bits per heavy atom. The van der Waals surface area contributed by atoms with Crippen molar-refractivity contribution < 1.29 is 14.7 Å². The number of benzene rings is 1. The van der Waals surface area contributed by atoms with E-state index in [1.54, 1.807) is 11.1 Å². The monoisotopic (exact) mass is 356 g/mol. The molecule has 7 nitrogen and oxygen atoms in total. The van der Waals surface area contributed by atoms with E-state index in [-0.39, 0.29) is 18.5 Å². The molecule has 2 atom stereocenters. The van der Waals surface area contributed by atoms with Gasteiger partial charge in [0.1, 0.15) is 0 Å². The summed E-state index contributed by atoms with van der Waals surface area (Å²) < 4.78 is 1.85. The van der Waals surface area contributed by atoms with Gasteiger partial charge in [-0.1, -0.05) is 31.2 Å². The fourth-order valence-corrected chi connectivity index (χ4v) is 3.40. The average Bonchev–Trinajstić information content (AvgIpc) is 3.12. The number of carboxylic acid groups (broad SMARTS) is 1. The Labute approximate surface area is 152 Å². The highest BCUT2D eigenvalue weighted by Gasteiger charge is 2.31. The van der Waals surface area contributed by atoms with Crippen molar-refractivity contribution in [3.63, 3.8) is 0 Å². The minimum absolute atomic E-state index is 0.188. The summed E-state index contributed by atoms with van der Waals surface area (Å²) in [7, 11) is 0. The van der Waals surface area contributed by atoms with Gasteiger partial charge in [-0.05, 0) is 29.5 Å². The molecular formula is C19H24N4O3. The van der Waals surface area contributed by atoms with Crippen LogP contribution in [0.3, 0.4) is 0 Å². The molecule has 1 aromatic carbocycles. The van der Waals surface area contributed by atoms with Gasteiger partial charge in [-0.15, -0.1) is 0 Å². The third-order valence-corrected chi connectivity index (χ3v) is 4.64. The summed E-state index contributed by atoms with van der Waals surface area (Å²) >= 11 is 0. The molecule has 1 aliphatic rings. The number of carbonyl (C=O) groups excluding carboxylic acids is 1. The van der Waals surface area contributed by atoms with Crippen molar-refractivity contribution >= 4 is 12.0 Å². The molecule has 0 spiro atoms. The second kappa shape index (κ2) is 8.03. The van der Waals surface area contributed by atoms with Crippen LogP contribution in [-0.4, -0.2) is 44.9 Å². The lowest BCUT2D eigenvalue weighted by atomic mass is 9.91. The lowest BCUT2D eigenvalue weighted by molar-refractivity contribution is -0.143. The van der Waals surface area contributed by atoms with E-state index in [1.807, 2.05) is 48.1 Å². The highest BCUT2D eigenvalue weighted by molar-refractivity contribution is 5.76. The third kappa shape index (κ3) is 4.62. The van der Waals surface area contributed by atoms with Gasteiger partial charge >= 0.3 is 12.0 Å². The van der Waals surface area contributed by atoms with E-state index >= 15 is 0 Å². The summed E-state index contributed by atoms with van der Waals surface area (Å²) in [5, 5.41) is 16.3. The molecule has 1 saturated heterocycles. The van der Waals surface area contributed by atoms with Crippen LogP contribution >= 0.6 is 0 Å². The SMILES string of the molecule is CC1CC(C(=O)O)CN(C(=O)NCc2cccc(Cn3cccn3)c2)C1. The minimum Gasteiger partial charge on any atom is -0.481 e. The zero-order valence-corrected chi connectivity index (χ0v) is 14.8. The van der Waals surface area contributed by atoms with Gasteiger partial charge in [0.05, 0.1) is 12.5 Å². The molecule has 0 aliphatic carbocycles. The molecule has 2 unspecified atom stereocenters. The zero-order valence-electron chi connectivity index (χ0n) is 14.8. The molecule has 1 fully saturated rings. The van der Waals surface area contributed by atoms with E-state index in [9.17, 15) is 14.7 Å². The van der Waals surface area contributed by atoms with Crippen molar-refractivity contribution in [2.45, 2.75) is 26.4 Å². The lowest BCUT2D eigenvalue weighted by Gasteiger charge is -2.34. The van der Waals surface area contributed by atoms with Crippen LogP contribution < -0.4 is 5.32 Å². The van der Waals surface area contributed by atoms with E-state index in [4.69, 9.17) is 0 Å². The molecule has 0 saturated carbocycles. The number of urea groups is 1. The Morgan fingerprint density at radius 1 is 1.27 bits per heavy atom. The van der Waals surface area contributed by atoms with Crippen LogP contribution in [0.4, 0.5) is 4.79 Å². The van der Waals surface area contributed by atoms with Crippen LogP contribution in [0, 0.1) is 11.8 Å². The largest absolute Gasteiger partial charge is 0.481 e. The van der Waals surface area contributed by atoms with Gasteiger partial charge in [-0.25, -0.2) is 4.79 Å². The molecule has 0 radical (unpaired) electrons. The zero-order chi connectivity index (χ0) is 18.5. The second-order valence-electron chi connectivity index (χ2n) is 6.96. The van der Waals surface area contributed by atoms with Gasteiger partial charge in [0.2, 0.25) is 0 Å². The highest BCUT2D eigenvalue weighted by Crippen LogP contribution is 2.21. The number of carbonyl (C=O) groups is 2. The standard InChI is InChI=1S/C19H24N4O3/c1-14-8-17(18(24)25)13-22(11-14)19(26)20-10-15-4-2-5-16(9-15)12-23-7-3-6-21-23/h2-7,9,14,17H,8,10-13H2,1H3,(H,20,26)(H,24,25). The van der Waals surface area contributed by atoms with E-state index in [1.165, 1.54) is 0 Å². The number of nitrogens with zero attached hydrogens (tertiary/aromatic N) is 3. The van der Waals surface area contributed by atoms with Gasteiger partial charge < -0.3 is 15.3 Å². The maximum atomic E-state index is 12.4. The van der Waals surface area contributed by atoms with Gasteiger partial charge in [-0.2, -0.15) is 5.10 Å². The first kappa shape index (κ1) is 18.0. The number of hydrogen-bond acceptors (Lipinski definition) is 3. The molecule has 138 valence electrons. The fourth-order valence-electron chi connectivity index (χ4n) is 3.40. The maximum Gasteiger partial charge on any atom is 0.317 e. The van der Waals surface area contributed by atoms with Crippen LogP contribution in [0.15, 0.2) is 42.7 Å². The molecule has 2 N–H and O–H groups in total. The van der Waals surface area contributed by atoms with Crippen LogP contribution in [0.25, 0.3) is 0 Å². The van der Waals surface area contributed by atoms with Gasteiger partial charge in [-0.3, -0.25) is 9.48 Å². The molecule has 1 aliphatic heterocycles. The molecule has 26 heavy (non-hydrogen) atoms. The Hall–Kier alpha value is -2.83. The van der Waals surface area contributed by atoms with Crippen molar-refractivity contribution in [3.8, 4) is 0 Å². The summed E-state index contributed by atoms with van der Waals surface area (Å²) in [6.07, 6.45) is 4.27. The lowest BCUT2D eigenvalue weighted by Crippen LogP contribution is -2.49. The number of aliphatic carboxylic acids is 1. The van der Waals surface area contributed by atoms with E-state index in [2.05, 4.69) is 10.4 Å². The number of aromatic nitrogens is 2. The Morgan fingerprint density at radius 2 is 2.08 bits per heavy atom. The van der Waals surface area contributed by atoms with Crippen molar-refractivity contribution in [3.05, 3.63) is 53.9 Å². The summed E-state index contributed by atoms with van der Waals surface area (Å²) in [5.41, 5.74) is 2.11. The molecule has 2 amide bonds. The van der Waals surface area contributed by atoms with Crippen LogP contribution in [-0.2, 0) is 17.9 Å². The Balaban J connectivity index is 1.56. The van der Waals surface area contributed by atoms with Crippen LogP contribution in [0.2, 0.25) is 0 Å². The smallest absolute Gasteiger partial charge is 0.317 e. The topological polar surface area (TPSA) is 87.5 Å². The molecule has 3 rings (SSSR count). The first-order chi connectivity index (χ1) is 12.5. The molecule has 1 aromatic heterocycles. The number of amides is 2. The Bertz CT molecular complexity index is 760. The highest BCUT2D eigenvalue weighted by atomic mass is 16.4. The van der Waals surface area contributed by atoms with Crippen LogP contribution in [0.5, 0.6) is 0 Å². The molecule has 7 heteroatoms. The summed E-state index contributed by atoms with van der Waals surface area (Å²) in [5.74, 6) is -1.13. The van der Waals surface area contributed by atoms with Gasteiger partial charge in [0, 0.05) is 32.0 Å². The minimum atomic E-state index is -0.833. The number of piperidine rings is 1. The van der Waals surface area contributed by atoms with Crippen molar-refractivity contribution in [2.75, 3.05) is 13.1 Å². The van der Waals surface area contributed by atoms with E-state index < -0.39 is 11.9 Å². The first-order valence-corrected chi connectivity index (χ1v) is 8.82. The van der Waals surface area contributed by atoms with Crippen LogP contribution in [0.1, 0.15) is 24.5 Å². The number of carboxylic acids is 1. The number of nitrogens with one attached hydrogen (secondary N) is 1. The molecular weight excluding hydrogens is 332 g/mol. The quantitative estimate of drug-likeness (QED) is 0.860. The number of hydrogen-bond donors (Lipinski definition) is 2. The summed E-state index contributed by atoms with van der Waals surface area (Å²) in [6.45, 7) is 3.93. The fraction of sp³-hybridized carbons (Fsp3) is 0.421. The van der Waals surface area contributed by atoms with Crippen molar-refractivity contribution in [1.82, 2.24) is 20.0 Å². The first-order valence-electron chi connectivity index (χ1n) is 8.82. The van der Waals surface area contributed by atoms with E-state index in [0.717, 1.165) is 11.1 Å². The second-order valence-corrected chi connectivity index (χ2v) is 6.96. The number of likely N-dealkylation sites (tertiary alicyclic amines) is 1. The molecule has 2 heterocycles. The number of rotatable bonds is 5. The third-order valence-electron chi connectivity index (χ3n) is 4.64. The Kier molecular flexibility index (Phi) is 5.55.